The summed E-state index contributed by atoms with van der Waals surface area (Å²) in [7, 11) is 0. The second-order valence-electron chi connectivity index (χ2n) is 10.7. The van der Waals surface area contributed by atoms with Gasteiger partial charge in [0.05, 0.1) is 31.2 Å². The number of nitrogen functional groups attached to an aromatic ring is 1. The zero-order valence-electron chi connectivity index (χ0n) is 22.4. The number of carbonyl (C=O) groups excluding carboxylic acids is 1. The van der Waals surface area contributed by atoms with Gasteiger partial charge >= 0.3 is 18.1 Å². The zero-order valence-corrected chi connectivity index (χ0v) is 22.4. The number of nitrogens with zero attached hydrogens (tertiary/aromatic N) is 4. The molecule has 0 saturated carbocycles. The second-order valence-corrected chi connectivity index (χ2v) is 10.7. The third kappa shape index (κ3) is 11.0. The van der Waals surface area contributed by atoms with E-state index in [1.54, 1.807) is 18.4 Å². The summed E-state index contributed by atoms with van der Waals surface area (Å²) >= 11 is 0. The highest BCUT2D eigenvalue weighted by atomic mass is 16.7. The van der Waals surface area contributed by atoms with E-state index in [1.165, 1.54) is 6.33 Å². The van der Waals surface area contributed by atoms with Crippen molar-refractivity contribution in [3.05, 3.63) is 24.2 Å². The van der Waals surface area contributed by atoms with E-state index < -0.39 is 23.5 Å². The summed E-state index contributed by atoms with van der Waals surface area (Å²) in [5, 5.41) is 27.5. The number of aromatic nitrogens is 3. The van der Waals surface area contributed by atoms with Crippen LogP contribution in [0.5, 0.6) is 0 Å². The van der Waals surface area contributed by atoms with Crippen LogP contribution in [0.15, 0.2) is 18.5 Å². The highest BCUT2D eigenvalue weighted by Crippen LogP contribution is 2.34. The molecule has 4 N–H and O–H groups in total. The third-order valence-electron chi connectivity index (χ3n) is 5.22. The van der Waals surface area contributed by atoms with Crippen LogP contribution < -0.4 is 5.73 Å². The average Bonchev–Trinajstić information content (AvgIpc) is 3.43. The predicted molar refractivity (Wildman–Crippen MR) is 136 cm³/mol. The first-order valence-corrected chi connectivity index (χ1v) is 11.9. The van der Waals surface area contributed by atoms with Crippen LogP contribution in [0.4, 0.5) is 10.6 Å². The van der Waals surface area contributed by atoms with Crippen LogP contribution in [0, 0.1) is 22.7 Å². The van der Waals surface area contributed by atoms with E-state index in [0.29, 0.717) is 12.4 Å². The molecule has 2 atom stereocenters. The minimum Gasteiger partial charge on any atom is -0.481 e. The Morgan fingerprint density at radius 3 is 2.26 bits per heavy atom. The Balaban J connectivity index is 0.000000470. The van der Waals surface area contributed by atoms with Gasteiger partial charge in [-0.25, -0.2) is 19.6 Å². The van der Waals surface area contributed by atoms with Gasteiger partial charge in [-0.3, -0.25) is 9.59 Å². The highest BCUT2D eigenvalue weighted by molar-refractivity contribution is 5.71. The fourth-order valence-corrected chi connectivity index (χ4v) is 3.62. The number of rotatable bonds is 8. The van der Waals surface area contributed by atoms with Crippen molar-refractivity contribution in [3.63, 3.8) is 0 Å². The minimum atomic E-state index is -0.962. The Kier molecular flexibility index (Phi) is 11.9. The van der Waals surface area contributed by atoms with Crippen molar-refractivity contribution >= 4 is 29.4 Å². The fourth-order valence-electron chi connectivity index (χ4n) is 3.62. The number of nitrogens with two attached hydrogens (primary N) is 1. The average molecular weight is 536 g/mol. The van der Waals surface area contributed by atoms with Crippen molar-refractivity contribution in [2.24, 2.45) is 10.8 Å². The van der Waals surface area contributed by atoms with Gasteiger partial charge in [-0.05, 0) is 35.8 Å². The van der Waals surface area contributed by atoms with E-state index in [1.807, 2.05) is 32.9 Å². The van der Waals surface area contributed by atoms with Crippen molar-refractivity contribution in [1.29, 1.82) is 5.26 Å². The molecule has 3 rings (SSSR count). The van der Waals surface area contributed by atoms with Crippen LogP contribution in [-0.4, -0.2) is 62.2 Å². The van der Waals surface area contributed by atoms with Crippen LogP contribution in [0.2, 0.25) is 0 Å². The van der Waals surface area contributed by atoms with Gasteiger partial charge in [-0.15, -0.1) is 0 Å². The number of carboxylic acid groups (broad SMARTS) is 2. The molecule has 13 nitrogen and oxygen atoms in total. The predicted octanol–water partition coefficient (Wildman–Crippen LogP) is 3.83. The third-order valence-corrected chi connectivity index (χ3v) is 5.22. The lowest BCUT2D eigenvalue weighted by atomic mass is 9.86. The molecule has 0 spiro atoms. The number of nitriles is 1. The van der Waals surface area contributed by atoms with Gasteiger partial charge < -0.3 is 30.2 Å². The minimum absolute atomic E-state index is 0.0895. The molecule has 210 valence electrons. The number of aliphatic carboxylic acids is 2. The number of carbonyl (C=O) groups is 3. The van der Waals surface area contributed by atoms with Crippen LogP contribution in [0.3, 0.4) is 0 Å². The number of anilines is 1. The molecule has 3 heterocycles. The molecule has 0 amide bonds. The Morgan fingerprint density at radius 2 is 1.71 bits per heavy atom. The Morgan fingerprint density at radius 1 is 1.11 bits per heavy atom. The molecule has 0 aromatic carbocycles. The quantitative estimate of drug-likeness (QED) is 0.413. The van der Waals surface area contributed by atoms with Gasteiger partial charge in [0.25, 0.3) is 0 Å². The van der Waals surface area contributed by atoms with Crippen LogP contribution in [0.1, 0.15) is 72.1 Å². The summed E-state index contributed by atoms with van der Waals surface area (Å²) in [5.74, 6) is -1.49. The maximum absolute atomic E-state index is 11.6. The van der Waals surface area contributed by atoms with E-state index in [9.17, 15) is 14.4 Å². The summed E-state index contributed by atoms with van der Waals surface area (Å²) in [6, 6.07) is 3.81. The number of hydrogen-bond donors (Lipinski definition) is 3. The summed E-state index contributed by atoms with van der Waals surface area (Å²) in [5.41, 5.74) is 6.78. The van der Waals surface area contributed by atoms with Crippen molar-refractivity contribution in [3.8, 4) is 6.57 Å². The van der Waals surface area contributed by atoms with Gasteiger partial charge in [0.1, 0.15) is 24.6 Å². The van der Waals surface area contributed by atoms with E-state index >= 15 is 0 Å². The first-order chi connectivity index (χ1) is 17.7. The van der Waals surface area contributed by atoms with Gasteiger partial charge in [-0.2, -0.15) is 5.10 Å². The molecule has 1 fully saturated rings. The standard InChI is InChI=1S/C17H24N4O4.C7H12O4.CHN/c1-17(2,3)9-24-16(22)23-8-11-4-7-14(25-11)12-5-6-13-15(18)19-10-20-21(12)13;1-7(2,3-5(8)9)4-6(10)11;1-2/h5-6,10-11,14H,4,7-9H2,1-3H3,(H2,18,19,20);3-4H2,1-2H3,(H,8,9)(H,10,11);1H. The number of carboxylic acids is 2. The summed E-state index contributed by atoms with van der Waals surface area (Å²) in [6.07, 6.45) is 1.89. The van der Waals surface area contributed by atoms with Gasteiger partial charge in [0, 0.05) is 6.57 Å². The molecule has 2 unspecified atom stereocenters. The van der Waals surface area contributed by atoms with Crippen molar-refractivity contribution in [2.45, 2.75) is 72.5 Å². The fraction of sp³-hybridized carbons (Fsp3) is 0.600. The Bertz CT molecular complexity index is 1090. The van der Waals surface area contributed by atoms with Gasteiger partial charge in [-0.1, -0.05) is 34.6 Å². The summed E-state index contributed by atoms with van der Waals surface area (Å²) < 4.78 is 18.0. The lowest BCUT2D eigenvalue weighted by Crippen LogP contribution is -2.22. The number of ether oxygens (including phenoxy) is 3. The maximum Gasteiger partial charge on any atom is 0.508 e. The van der Waals surface area contributed by atoms with Crippen LogP contribution in [-0.2, 0) is 23.8 Å². The van der Waals surface area contributed by atoms with Gasteiger partial charge in [0.15, 0.2) is 5.82 Å². The van der Waals surface area contributed by atoms with Crippen LogP contribution in [0.25, 0.3) is 5.52 Å². The highest BCUT2D eigenvalue weighted by Gasteiger charge is 2.30. The molecule has 1 aliphatic rings. The summed E-state index contributed by atoms with van der Waals surface area (Å²) in [4.78, 5) is 36.0. The maximum atomic E-state index is 11.6. The molecule has 13 heteroatoms. The van der Waals surface area contributed by atoms with Crippen molar-refractivity contribution in [2.75, 3.05) is 18.9 Å². The first-order valence-electron chi connectivity index (χ1n) is 11.9. The molecular weight excluding hydrogens is 498 g/mol. The van der Waals surface area contributed by atoms with Gasteiger partial charge in [0.2, 0.25) is 0 Å². The molecule has 0 bridgehead atoms. The normalized spacial score (nSPS) is 16.9. The molecule has 0 radical (unpaired) electrons. The lowest BCUT2D eigenvalue weighted by molar-refractivity contribution is -0.142. The smallest absolute Gasteiger partial charge is 0.481 e. The molecule has 1 saturated heterocycles. The van der Waals surface area contributed by atoms with E-state index in [2.05, 4.69) is 16.7 Å². The molecule has 2 aromatic rings. The second kappa shape index (κ2) is 14.1. The molecular formula is C25H37N5O8. The topological polar surface area (TPSA) is 199 Å². The molecule has 38 heavy (non-hydrogen) atoms. The van der Waals surface area contributed by atoms with Crippen molar-refractivity contribution < 1.29 is 38.8 Å². The van der Waals surface area contributed by atoms with Crippen LogP contribution >= 0.6 is 0 Å². The largest absolute Gasteiger partial charge is 0.508 e. The number of fused-ring (bicyclic) bond motifs is 1. The number of hydrogen-bond acceptors (Lipinski definition) is 10. The Hall–Kier alpha value is -3.92. The van der Waals surface area contributed by atoms with Crippen molar-refractivity contribution in [1.82, 2.24) is 14.6 Å². The zero-order chi connectivity index (χ0) is 29.1. The monoisotopic (exact) mass is 535 g/mol. The lowest BCUT2D eigenvalue weighted by Gasteiger charge is -2.18. The van der Waals surface area contributed by atoms with E-state index in [0.717, 1.165) is 24.1 Å². The molecule has 0 aliphatic carbocycles. The molecule has 2 aromatic heterocycles. The Labute approximate surface area is 221 Å². The molecule has 1 aliphatic heterocycles. The van der Waals surface area contributed by atoms with E-state index in [-0.39, 0.29) is 37.1 Å². The SMILES string of the molecule is C#N.CC(C)(C)COC(=O)OCC1CCC(c2ccc3c(N)ncnn23)O1.CC(C)(CC(=O)O)CC(=O)O. The summed E-state index contributed by atoms with van der Waals surface area (Å²) in [6.45, 7) is 13.2. The first kappa shape index (κ1) is 32.1. The van der Waals surface area contributed by atoms with E-state index in [4.69, 9.17) is 35.4 Å².